The minimum Gasteiger partial charge on any atom is -0.492 e. The molecule has 2 aromatic carbocycles. The van der Waals surface area contributed by atoms with Crippen LogP contribution in [0.5, 0.6) is 5.75 Å². The molecule has 166 valence electrons. The van der Waals surface area contributed by atoms with Gasteiger partial charge in [0.15, 0.2) is 11.5 Å². The van der Waals surface area contributed by atoms with Gasteiger partial charge in [-0.3, -0.25) is 4.79 Å². The number of hydrogen-bond donors (Lipinski definition) is 2. The number of allylic oxidation sites excluding steroid dienone is 1. The average molecular weight is 443 g/mol. The molecule has 1 unspecified atom stereocenters. The number of nitrogens with zero attached hydrogens (tertiary/aromatic N) is 2. The van der Waals surface area contributed by atoms with E-state index in [4.69, 9.17) is 14.5 Å². The van der Waals surface area contributed by atoms with Gasteiger partial charge in [0.25, 0.3) is 5.91 Å². The Labute approximate surface area is 190 Å². The summed E-state index contributed by atoms with van der Waals surface area (Å²) in [6.07, 6.45) is 7.69. The summed E-state index contributed by atoms with van der Waals surface area (Å²) in [5.41, 5.74) is 0.681. The predicted molar refractivity (Wildman–Crippen MR) is 120 cm³/mol. The maximum Gasteiger partial charge on any atom is 0.337 e. The SMILES string of the molecule is N#Cc1ccc(NC(=O)c2cc(-c3ccccc3OCC3C=CCCC3)on2)c(C(=O)O)c1. The lowest BCUT2D eigenvalue weighted by Gasteiger charge is -2.17. The number of anilines is 1. The molecule has 8 heteroatoms. The molecule has 1 amide bonds. The van der Waals surface area contributed by atoms with Crippen LogP contribution in [0.2, 0.25) is 0 Å². The van der Waals surface area contributed by atoms with Crippen LogP contribution in [-0.4, -0.2) is 28.7 Å². The van der Waals surface area contributed by atoms with Crippen molar-refractivity contribution in [2.75, 3.05) is 11.9 Å². The van der Waals surface area contributed by atoms with E-state index in [1.165, 1.54) is 24.3 Å². The minimum absolute atomic E-state index is 0.0179. The highest BCUT2D eigenvalue weighted by atomic mass is 16.5. The van der Waals surface area contributed by atoms with Crippen molar-refractivity contribution >= 4 is 17.6 Å². The van der Waals surface area contributed by atoms with Crippen molar-refractivity contribution in [3.05, 3.63) is 77.5 Å². The fourth-order valence-corrected chi connectivity index (χ4v) is 3.61. The molecule has 0 aliphatic heterocycles. The number of carboxylic acid groups (broad SMARTS) is 1. The summed E-state index contributed by atoms with van der Waals surface area (Å²) in [6.45, 7) is 0.547. The van der Waals surface area contributed by atoms with E-state index in [1.54, 1.807) is 0 Å². The topological polar surface area (TPSA) is 125 Å². The van der Waals surface area contributed by atoms with Gasteiger partial charge in [0.2, 0.25) is 0 Å². The molecule has 0 fully saturated rings. The number of benzene rings is 2. The fraction of sp³-hybridized carbons (Fsp3) is 0.200. The van der Waals surface area contributed by atoms with Gasteiger partial charge in [-0.15, -0.1) is 0 Å². The summed E-state index contributed by atoms with van der Waals surface area (Å²) in [5, 5.41) is 24.7. The molecule has 4 rings (SSSR count). The number of carbonyl (C=O) groups is 2. The second-order valence-electron chi connectivity index (χ2n) is 7.63. The Bertz CT molecular complexity index is 1250. The molecule has 1 aromatic heterocycles. The van der Waals surface area contributed by atoms with Gasteiger partial charge >= 0.3 is 5.97 Å². The van der Waals surface area contributed by atoms with Gasteiger partial charge in [-0.1, -0.05) is 29.4 Å². The molecule has 1 atom stereocenters. The van der Waals surface area contributed by atoms with E-state index in [0.29, 0.717) is 29.6 Å². The number of nitriles is 1. The zero-order valence-corrected chi connectivity index (χ0v) is 17.7. The normalized spacial score (nSPS) is 14.9. The van der Waals surface area contributed by atoms with Crippen molar-refractivity contribution in [3.8, 4) is 23.1 Å². The standard InChI is InChI=1S/C25H21N3O5/c26-14-17-10-11-20(19(12-17)25(30)31)27-24(29)21-13-23(33-28-21)18-8-4-5-9-22(18)32-15-16-6-2-1-3-7-16/h2,4-6,8-13,16H,1,3,7,15H2,(H,27,29)(H,30,31). The van der Waals surface area contributed by atoms with E-state index < -0.39 is 11.9 Å². The summed E-state index contributed by atoms with van der Waals surface area (Å²) in [5.74, 6) is -0.558. The lowest BCUT2D eigenvalue weighted by atomic mass is 9.97. The highest BCUT2D eigenvalue weighted by molar-refractivity contribution is 6.07. The van der Waals surface area contributed by atoms with Gasteiger partial charge in [-0.2, -0.15) is 5.26 Å². The molecule has 1 heterocycles. The Balaban J connectivity index is 1.51. The molecule has 0 bridgehead atoms. The molecule has 2 N–H and O–H groups in total. The number of hydrogen-bond acceptors (Lipinski definition) is 6. The highest BCUT2D eigenvalue weighted by Gasteiger charge is 2.20. The Morgan fingerprint density at radius 2 is 2.09 bits per heavy atom. The van der Waals surface area contributed by atoms with Crippen LogP contribution in [0.1, 0.15) is 45.7 Å². The van der Waals surface area contributed by atoms with Crippen LogP contribution in [0.25, 0.3) is 11.3 Å². The van der Waals surface area contributed by atoms with Crippen LogP contribution < -0.4 is 10.1 Å². The first-order chi connectivity index (χ1) is 16.0. The van der Waals surface area contributed by atoms with Crippen molar-refractivity contribution in [2.45, 2.75) is 19.3 Å². The van der Waals surface area contributed by atoms with Crippen LogP contribution in [0.4, 0.5) is 5.69 Å². The minimum atomic E-state index is -1.26. The zero-order valence-electron chi connectivity index (χ0n) is 17.7. The third kappa shape index (κ3) is 5.10. The van der Waals surface area contributed by atoms with Gasteiger partial charge < -0.3 is 19.7 Å². The van der Waals surface area contributed by atoms with Gasteiger partial charge in [0.05, 0.1) is 35.1 Å². The van der Waals surface area contributed by atoms with Gasteiger partial charge in [0, 0.05) is 12.0 Å². The van der Waals surface area contributed by atoms with Crippen molar-refractivity contribution in [1.82, 2.24) is 5.16 Å². The number of nitrogens with one attached hydrogen (secondary N) is 1. The molecule has 3 aromatic rings. The number of carbonyl (C=O) groups excluding carboxylic acids is 1. The van der Waals surface area contributed by atoms with Crippen LogP contribution in [0, 0.1) is 17.2 Å². The number of carboxylic acids is 1. The average Bonchev–Trinajstić information content (AvgIpc) is 3.34. The quantitative estimate of drug-likeness (QED) is 0.498. The van der Waals surface area contributed by atoms with E-state index in [-0.39, 0.29) is 22.5 Å². The molecule has 0 saturated carbocycles. The number of aromatic carboxylic acids is 1. The first kappa shape index (κ1) is 21.8. The lowest BCUT2D eigenvalue weighted by Crippen LogP contribution is -2.15. The van der Waals surface area contributed by atoms with E-state index in [0.717, 1.165) is 19.3 Å². The smallest absolute Gasteiger partial charge is 0.337 e. The Kier molecular flexibility index (Phi) is 6.51. The summed E-state index contributed by atoms with van der Waals surface area (Å²) in [4.78, 5) is 24.2. The summed E-state index contributed by atoms with van der Waals surface area (Å²) >= 11 is 0. The largest absolute Gasteiger partial charge is 0.492 e. The van der Waals surface area contributed by atoms with Gasteiger partial charge in [0.1, 0.15) is 5.75 Å². The van der Waals surface area contributed by atoms with Crippen LogP contribution in [-0.2, 0) is 0 Å². The number of amides is 1. The number of ether oxygens (including phenoxy) is 1. The maximum atomic E-state index is 12.7. The van der Waals surface area contributed by atoms with Crippen molar-refractivity contribution in [3.63, 3.8) is 0 Å². The zero-order chi connectivity index (χ0) is 23.2. The van der Waals surface area contributed by atoms with Crippen LogP contribution in [0.3, 0.4) is 0 Å². The molecule has 33 heavy (non-hydrogen) atoms. The third-order valence-corrected chi connectivity index (χ3v) is 5.33. The van der Waals surface area contributed by atoms with Gasteiger partial charge in [-0.05, 0) is 49.6 Å². The Morgan fingerprint density at radius 3 is 2.85 bits per heavy atom. The highest BCUT2D eigenvalue weighted by Crippen LogP contribution is 2.31. The van der Waals surface area contributed by atoms with Crippen LogP contribution in [0.15, 0.2) is 65.2 Å². The summed E-state index contributed by atoms with van der Waals surface area (Å²) in [6, 6.07) is 14.7. The molecule has 0 spiro atoms. The van der Waals surface area contributed by atoms with Crippen LogP contribution >= 0.6 is 0 Å². The second-order valence-corrected chi connectivity index (χ2v) is 7.63. The molecule has 0 saturated heterocycles. The first-order valence-corrected chi connectivity index (χ1v) is 10.5. The number of aromatic nitrogens is 1. The summed E-state index contributed by atoms with van der Waals surface area (Å²) in [7, 11) is 0. The Hall–Kier alpha value is -4.38. The fourth-order valence-electron chi connectivity index (χ4n) is 3.61. The molecule has 8 nitrogen and oxygen atoms in total. The monoisotopic (exact) mass is 443 g/mol. The summed E-state index contributed by atoms with van der Waals surface area (Å²) < 4.78 is 11.4. The lowest BCUT2D eigenvalue weighted by molar-refractivity contribution is 0.0698. The predicted octanol–water partition coefficient (Wildman–Crippen LogP) is 4.90. The van der Waals surface area contributed by atoms with E-state index >= 15 is 0 Å². The molecule has 1 aliphatic rings. The van der Waals surface area contributed by atoms with Gasteiger partial charge in [-0.25, -0.2) is 4.79 Å². The third-order valence-electron chi connectivity index (χ3n) is 5.33. The maximum absolute atomic E-state index is 12.7. The van der Waals surface area contributed by atoms with E-state index in [2.05, 4.69) is 22.6 Å². The molecule has 0 radical (unpaired) electrons. The van der Waals surface area contributed by atoms with E-state index in [9.17, 15) is 14.7 Å². The second kappa shape index (κ2) is 9.83. The number of para-hydroxylation sites is 1. The van der Waals surface area contributed by atoms with Crippen molar-refractivity contribution in [2.24, 2.45) is 5.92 Å². The van der Waals surface area contributed by atoms with Crippen molar-refractivity contribution in [1.29, 1.82) is 5.26 Å². The Morgan fingerprint density at radius 1 is 1.24 bits per heavy atom. The first-order valence-electron chi connectivity index (χ1n) is 10.5. The molecular weight excluding hydrogens is 422 g/mol. The number of rotatable bonds is 7. The molecule has 1 aliphatic carbocycles. The molecular formula is C25H21N3O5. The van der Waals surface area contributed by atoms with Crippen molar-refractivity contribution < 1.29 is 24.0 Å². The van der Waals surface area contributed by atoms with E-state index in [1.807, 2.05) is 30.3 Å².